The van der Waals surface area contributed by atoms with Gasteiger partial charge in [-0.1, -0.05) is 62.4 Å². The summed E-state index contributed by atoms with van der Waals surface area (Å²) in [5.74, 6) is 0.493. The van der Waals surface area contributed by atoms with E-state index in [1.54, 1.807) is 61.5 Å². The number of fused-ring (bicyclic) bond motifs is 1. The number of ether oxygens (including phenoxy) is 4. The van der Waals surface area contributed by atoms with E-state index >= 15 is 0 Å². The van der Waals surface area contributed by atoms with Crippen LogP contribution in [0.5, 0.6) is 23.0 Å². The number of nitrogens with two attached hydrogens (primary N) is 1. The molecule has 218 valence electrons. The molecule has 2 atom stereocenters. The number of hydrogen-bond donors (Lipinski definition) is 1. The Balaban J connectivity index is 1.33. The first-order chi connectivity index (χ1) is 20.7. The summed E-state index contributed by atoms with van der Waals surface area (Å²) < 4.78 is 37.1. The summed E-state index contributed by atoms with van der Waals surface area (Å²) in [4.78, 5) is 12.8. The first kappa shape index (κ1) is 29.2. The Kier molecular flexibility index (Phi) is 8.63. The molecule has 0 aliphatic carbocycles. The zero-order chi connectivity index (χ0) is 30.5. The van der Waals surface area contributed by atoms with Gasteiger partial charge in [-0.2, -0.15) is 5.26 Å². The quantitative estimate of drug-likeness (QED) is 0.167. The second-order valence-electron chi connectivity index (χ2n) is 10.5. The fraction of sp³-hybridized carbons (Fsp3) is 0.200. The summed E-state index contributed by atoms with van der Waals surface area (Å²) in [6, 6.07) is 28.3. The molecule has 0 saturated heterocycles. The number of nitriles is 1. The molecule has 4 aromatic carbocycles. The van der Waals surface area contributed by atoms with Gasteiger partial charge < -0.3 is 24.7 Å². The summed E-state index contributed by atoms with van der Waals surface area (Å²) in [6.07, 6.45) is -0.864. The lowest BCUT2D eigenvalue weighted by molar-refractivity contribution is -0.141. The molecule has 2 N–H and O–H groups in total. The van der Waals surface area contributed by atoms with E-state index in [0.717, 1.165) is 5.56 Å². The molecule has 4 aromatic rings. The first-order valence-electron chi connectivity index (χ1n) is 13.9. The summed E-state index contributed by atoms with van der Waals surface area (Å²) in [6.45, 7) is 5.87. The Hall–Kier alpha value is -5.29. The van der Waals surface area contributed by atoms with Gasteiger partial charge in [-0.25, -0.2) is 9.18 Å². The minimum Gasteiger partial charge on any atom is -0.489 e. The minimum atomic E-state index is -0.864. The van der Waals surface area contributed by atoms with Crippen LogP contribution in [0.15, 0.2) is 102 Å². The Morgan fingerprint density at radius 2 is 1.70 bits per heavy atom. The van der Waals surface area contributed by atoms with E-state index in [1.807, 2.05) is 30.3 Å². The van der Waals surface area contributed by atoms with Gasteiger partial charge in [0, 0.05) is 17.2 Å². The zero-order valence-electron chi connectivity index (χ0n) is 24.0. The molecule has 0 bridgehead atoms. The average molecular weight is 579 g/mol. The zero-order valence-corrected chi connectivity index (χ0v) is 24.0. The van der Waals surface area contributed by atoms with Crippen LogP contribution in [0.3, 0.4) is 0 Å². The number of halogens is 1. The molecular formula is C35H31FN2O5. The van der Waals surface area contributed by atoms with E-state index < -0.39 is 18.0 Å². The molecule has 0 spiro atoms. The lowest BCUT2D eigenvalue weighted by Crippen LogP contribution is -2.28. The van der Waals surface area contributed by atoms with Crippen LogP contribution in [-0.4, -0.2) is 12.1 Å². The number of carbonyl (C=O) groups excluding carboxylic acids is 1. The fourth-order valence-electron chi connectivity index (χ4n) is 4.79. The third-order valence-corrected chi connectivity index (χ3v) is 7.14. The maximum atomic E-state index is 14.1. The molecule has 0 radical (unpaired) electrons. The topological polar surface area (TPSA) is 104 Å². The van der Waals surface area contributed by atoms with Gasteiger partial charge >= 0.3 is 5.97 Å². The van der Waals surface area contributed by atoms with Crippen LogP contribution in [0.25, 0.3) is 0 Å². The standard InChI is InChI=1S/C35H31FN2O5/c1-21(2)23-11-13-26(14-12-23)41-22(3)35(39)42-28-15-16-29-32(18-28)43-34(38)30(19-37)33(29)24-8-6-9-27(17-24)40-20-25-7-4-5-10-31(25)36/h4-18,21-22,33H,20,38H2,1-3H3. The molecule has 1 aliphatic rings. The fourth-order valence-corrected chi connectivity index (χ4v) is 4.79. The van der Waals surface area contributed by atoms with Crippen molar-refractivity contribution in [2.75, 3.05) is 0 Å². The van der Waals surface area contributed by atoms with Crippen molar-refractivity contribution in [1.82, 2.24) is 0 Å². The molecule has 5 rings (SSSR count). The Bertz CT molecular complexity index is 1710. The van der Waals surface area contributed by atoms with Gasteiger partial charge in [0.25, 0.3) is 0 Å². The van der Waals surface area contributed by atoms with Gasteiger partial charge in [-0.3, -0.25) is 0 Å². The van der Waals surface area contributed by atoms with E-state index in [0.29, 0.717) is 34.3 Å². The Morgan fingerprint density at radius 1 is 0.953 bits per heavy atom. The number of carbonyl (C=O) groups is 1. The number of hydrogen-bond acceptors (Lipinski definition) is 7. The van der Waals surface area contributed by atoms with Gasteiger partial charge in [0.1, 0.15) is 47.1 Å². The molecule has 0 fully saturated rings. The lowest BCUT2D eigenvalue weighted by Gasteiger charge is -2.27. The van der Waals surface area contributed by atoms with Crippen LogP contribution >= 0.6 is 0 Å². The highest BCUT2D eigenvalue weighted by atomic mass is 19.1. The van der Waals surface area contributed by atoms with Crippen molar-refractivity contribution in [1.29, 1.82) is 5.26 Å². The summed E-state index contributed by atoms with van der Waals surface area (Å²) in [5.41, 5.74) is 9.39. The van der Waals surface area contributed by atoms with Crippen LogP contribution in [0.2, 0.25) is 0 Å². The molecule has 8 heteroatoms. The number of benzene rings is 4. The van der Waals surface area contributed by atoms with Gasteiger partial charge in [-0.05, 0) is 60.4 Å². The smallest absolute Gasteiger partial charge is 0.352 e. The number of allylic oxidation sites excluding steroid dienone is 1. The van der Waals surface area contributed by atoms with E-state index in [9.17, 15) is 14.4 Å². The van der Waals surface area contributed by atoms with Crippen molar-refractivity contribution in [2.24, 2.45) is 5.73 Å². The third-order valence-electron chi connectivity index (χ3n) is 7.14. The summed E-state index contributed by atoms with van der Waals surface area (Å²) in [5, 5.41) is 9.94. The van der Waals surface area contributed by atoms with Gasteiger partial charge in [0.05, 0.1) is 5.92 Å². The van der Waals surface area contributed by atoms with Crippen molar-refractivity contribution >= 4 is 5.97 Å². The van der Waals surface area contributed by atoms with Gasteiger partial charge in [-0.15, -0.1) is 0 Å². The molecule has 0 amide bonds. The normalized spacial score (nSPS) is 14.7. The molecule has 1 heterocycles. The Morgan fingerprint density at radius 3 is 2.42 bits per heavy atom. The number of rotatable bonds is 9. The molecule has 0 saturated carbocycles. The van der Waals surface area contributed by atoms with Crippen molar-refractivity contribution < 1.29 is 28.1 Å². The van der Waals surface area contributed by atoms with Crippen molar-refractivity contribution in [3.05, 3.63) is 131 Å². The average Bonchev–Trinajstić information content (AvgIpc) is 3.00. The highest BCUT2D eigenvalue weighted by molar-refractivity contribution is 5.77. The van der Waals surface area contributed by atoms with Gasteiger partial charge in [0.2, 0.25) is 5.88 Å². The second kappa shape index (κ2) is 12.7. The molecule has 1 aliphatic heterocycles. The van der Waals surface area contributed by atoms with E-state index in [-0.39, 0.29) is 29.6 Å². The van der Waals surface area contributed by atoms with Crippen molar-refractivity contribution in [3.8, 4) is 29.1 Å². The van der Waals surface area contributed by atoms with Crippen LogP contribution < -0.4 is 24.7 Å². The van der Waals surface area contributed by atoms with Gasteiger partial charge in [0.15, 0.2) is 6.10 Å². The van der Waals surface area contributed by atoms with Crippen LogP contribution in [-0.2, 0) is 11.4 Å². The van der Waals surface area contributed by atoms with Crippen LogP contribution in [0.4, 0.5) is 4.39 Å². The highest BCUT2D eigenvalue weighted by Gasteiger charge is 2.31. The van der Waals surface area contributed by atoms with Crippen LogP contribution in [0, 0.1) is 17.1 Å². The Labute approximate surface area is 249 Å². The summed E-state index contributed by atoms with van der Waals surface area (Å²) in [7, 11) is 0. The minimum absolute atomic E-state index is 0.0453. The van der Waals surface area contributed by atoms with E-state index in [1.165, 1.54) is 11.6 Å². The molecule has 43 heavy (non-hydrogen) atoms. The highest BCUT2D eigenvalue weighted by Crippen LogP contribution is 2.44. The number of nitrogens with zero attached hydrogens (tertiary/aromatic N) is 1. The summed E-state index contributed by atoms with van der Waals surface area (Å²) >= 11 is 0. The van der Waals surface area contributed by atoms with E-state index in [4.69, 9.17) is 24.7 Å². The SMILES string of the molecule is CC(Oc1ccc(C(C)C)cc1)C(=O)Oc1ccc2c(c1)OC(N)=C(C#N)C2c1cccc(OCc2ccccc2F)c1. The molecule has 0 aromatic heterocycles. The maximum absolute atomic E-state index is 14.1. The largest absolute Gasteiger partial charge is 0.489 e. The lowest BCUT2D eigenvalue weighted by atomic mass is 9.83. The first-order valence-corrected chi connectivity index (χ1v) is 13.9. The predicted molar refractivity (Wildman–Crippen MR) is 159 cm³/mol. The molecule has 2 unspecified atom stereocenters. The molecular weight excluding hydrogens is 547 g/mol. The van der Waals surface area contributed by atoms with Crippen molar-refractivity contribution in [2.45, 2.75) is 45.3 Å². The predicted octanol–water partition coefficient (Wildman–Crippen LogP) is 7.12. The second-order valence-corrected chi connectivity index (χ2v) is 10.5. The number of esters is 1. The van der Waals surface area contributed by atoms with E-state index in [2.05, 4.69) is 19.9 Å². The maximum Gasteiger partial charge on any atom is 0.352 e. The monoisotopic (exact) mass is 578 g/mol. The third kappa shape index (κ3) is 6.62. The van der Waals surface area contributed by atoms with Crippen LogP contribution in [0.1, 0.15) is 54.9 Å². The van der Waals surface area contributed by atoms with Crippen molar-refractivity contribution in [3.63, 3.8) is 0 Å². The molecule has 7 nitrogen and oxygen atoms in total.